The summed E-state index contributed by atoms with van der Waals surface area (Å²) in [6.07, 6.45) is 12.6. The molecular formula is C14H32ClHgP. The molecule has 0 radical (unpaired) electrons. The molecule has 0 heterocycles. The number of halogens is 1. The molecule has 0 aromatic rings. The Kier molecular flexibility index (Phi) is 17.4. The monoisotopic (exact) mass is 468 g/mol. The molecular weight excluding hydrogens is 435 g/mol. The largest absolute Gasteiger partial charge is 0.153 e. The van der Waals surface area contributed by atoms with Crippen LogP contribution >= 0.6 is 18.1 Å². The van der Waals surface area contributed by atoms with Crippen molar-refractivity contribution in [3.05, 3.63) is 0 Å². The Labute approximate surface area is 129 Å². The van der Waals surface area contributed by atoms with Crippen molar-refractivity contribution in [2.75, 3.05) is 0 Å². The van der Waals surface area contributed by atoms with E-state index < -0.39 is 23.3 Å². The molecule has 0 N–H and O–H groups in total. The van der Waals surface area contributed by atoms with Crippen molar-refractivity contribution in [3.8, 4) is 0 Å². The Hall–Kier alpha value is 1.66. The van der Waals surface area contributed by atoms with Crippen molar-refractivity contribution < 1.29 is 23.3 Å². The first-order valence-corrected chi connectivity index (χ1v) is 18.0. The zero-order chi connectivity index (χ0) is 12.3. The fraction of sp³-hybridized carbons (Fsp3) is 1.00. The summed E-state index contributed by atoms with van der Waals surface area (Å²) in [5.74, 6) is 0. The van der Waals surface area contributed by atoms with Gasteiger partial charge in [0.05, 0.1) is 0 Å². The van der Waals surface area contributed by atoms with E-state index in [1.165, 1.54) is 61.7 Å². The molecule has 0 aliphatic heterocycles. The van der Waals surface area contributed by atoms with Gasteiger partial charge in [0, 0.05) is 0 Å². The van der Waals surface area contributed by atoms with Gasteiger partial charge in [-0.25, -0.2) is 0 Å². The molecule has 102 valence electrons. The van der Waals surface area contributed by atoms with Crippen LogP contribution in [-0.4, -0.2) is 0 Å². The number of hydrogen-bond acceptors (Lipinski definition) is 0. The van der Waals surface area contributed by atoms with Crippen LogP contribution < -0.4 is 0 Å². The molecule has 0 bridgehead atoms. The van der Waals surface area contributed by atoms with Crippen LogP contribution in [0.3, 0.4) is 0 Å². The predicted molar refractivity (Wildman–Crippen MR) is 82.8 cm³/mol. The maximum absolute atomic E-state index is 6.24. The molecule has 0 aliphatic carbocycles. The molecule has 0 aromatic carbocycles. The molecule has 0 amide bonds. The molecule has 3 heteroatoms. The summed E-state index contributed by atoms with van der Waals surface area (Å²) >= 11 is -0.990. The second-order valence-corrected chi connectivity index (χ2v) is 12.0. The van der Waals surface area contributed by atoms with Gasteiger partial charge in [0.25, 0.3) is 0 Å². The van der Waals surface area contributed by atoms with E-state index in [1.807, 2.05) is 0 Å². The van der Waals surface area contributed by atoms with Gasteiger partial charge in [0.2, 0.25) is 0 Å². The number of unbranched alkanes of at least 4 members (excludes halogenated alkanes) is 3. The van der Waals surface area contributed by atoms with Crippen molar-refractivity contribution in [3.63, 3.8) is 0 Å². The molecule has 0 fully saturated rings. The third kappa shape index (κ3) is 10.1. The van der Waals surface area contributed by atoms with Crippen LogP contribution in [0.5, 0.6) is 0 Å². The van der Waals surface area contributed by atoms with Gasteiger partial charge < -0.3 is 0 Å². The normalized spacial score (nSPS) is 10.8. The van der Waals surface area contributed by atoms with E-state index in [1.54, 1.807) is 0 Å². The second kappa shape index (κ2) is 14.1. The third-order valence-electron chi connectivity index (χ3n) is 3.81. The van der Waals surface area contributed by atoms with Gasteiger partial charge in [-0.1, -0.05) is 0 Å². The van der Waals surface area contributed by atoms with E-state index in [-0.39, 0.29) is 9.90 Å². The molecule has 0 spiro atoms. The summed E-state index contributed by atoms with van der Waals surface area (Å²) in [5.41, 5.74) is 0.672. The Morgan fingerprint density at radius 2 is 1.18 bits per heavy atom. The van der Waals surface area contributed by atoms with Gasteiger partial charge in [0.15, 0.2) is 0 Å². The standard InChI is InChI=1S/C14H29.ClH.Hg.H3P/c1-5-8-11-14(4,12-9-6-2)13-10-7-3;;;/h4-13H2,1-3H3;1H;;1H3/q;;+1;/p-1. The van der Waals surface area contributed by atoms with Crippen molar-refractivity contribution in [1.82, 2.24) is 0 Å². The first-order chi connectivity index (χ1) is 7.74. The fourth-order valence-electron chi connectivity index (χ4n) is 2.61. The minimum Gasteiger partial charge on any atom is -0.153 e. The number of hydrogen-bond donors (Lipinski definition) is 0. The molecule has 0 nitrogen and oxygen atoms in total. The average Bonchev–Trinajstić information content (AvgIpc) is 2.31. The van der Waals surface area contributed by atoms with Gasteiger partial charge in [0.1, 0.15) is 0 Å². The second-order valence-electron chi connectivity index (χ2n) is 5.25. The Balaban J connectivity index is 0. The van der Waals surface area contributed by atoms with Crippen LogP contribution in [0.15, 0.2) is 0 Å². The van der Waals surface area contributed by atoms with E-state index in [0.29, 0.717) is 5.41 Å². The Morgan fingerprint density at radius 3 is 1.41 bits per heavy atom. The quantitative estimate of drug-likeness (QED) is 0.249. The SMILES string of the molecule is CCCCC(CCCC)(CCCC)[CH2][Hg][Cl].P. The van der Waals surface area contributed by atoms with Crippen molar-refractivity contribution in [1.29, 1.82) is 0 Å². The smallest absolute Gasteiger partial charge is 0.153 e. The molecule has 17 heavy (non-hydrogen) atoms. The van der Waals surface area contributed by atoms with Gasteiger partial charge in [-0.2, -0.15) is 9.90 Å². The first-order valence-electron chi connectivity index (χ1n) is 7.30. The van der Waals surface area contributed by atoms with Crippen molar-refractivity contribution in [2.45, 2.75) is 82.5 Å². The minimum absolute atomic E-state index is 0. The summed E-state index contributed by atoms with van der Waals surface area (Å²) in [5, 5.41) is 0. The third-order valence-corrected chi connectivity index (χ3v) is 10.3. The van der Waals surface area contributed by atoms with Gasteiger partial charge >= 0.3 is 119 Å². The van der Waals surface area contributed by atoms with Gasteiger partial charge in [-0.15, -0.1) is 0 Å². The Morgan fingerprint density at radius 1 is 0.824 bits per heavy atom. The maximum atomic E-state index is 6.24. The zero-order valence-corrected chi connectivity index (χ0v) is 20.0. The molecule has 1 unspecified atom stereocenters. The molecule has 0 aliphatic rings. The summed E-state index contributed by atoms with van der Waals surface area (Å²) in [4.78, 5) is 0. The summed E-state index contributed by atoms with van der Waals surface area (Å²) < 4.78 is 1.45. The van der Waals surface area contributed by atoms with E-state index in [0.717, 1.165) is 0 Å². The molecule has 0 rings (SSSR count). The fourth-order valence-corrected chi connectivity index (χ4v) is 10.6. The summed E-state index contributed by atoms with van der Waals surface area (Å²) in [6.45, 7) is 6.94. The van der Waals surface area contributed by atoms with E-state index in [4.69, 9.17) is 8.25 Å². The summed E-state index contributed by atoms with van der Waals surface area (Å²) in [7, 11) is 6.24. The minimum atomic E-state index is -0.990. The van der Waals surface area contributed by atoms with Crippen LogP contribution in [0.4, 0.5) is 0 Å². The van der Waals surface area contributed by atoms with E-state index in [2.05, 4.69) is 20.8 Å². The number of rotatable bonds is 11. The van der Waals surface area contributed by atoms with Gasteiger partial charge in [-0.05, 0) is 0 Å². The molecule has 0 saturated heterocycles. The average molecular weight is 467 g/mol. The zero-order valence-electron chi connectivity index (χ0n) is 12.4. The van der Waals surface area contributed by atoms with E-state index >= 15 is 0 Å². The molecule has 0 aromatic heterocycles. The predicted octanol–water partition coefficient (Wildman–Crippen LogP) is 6.26. The Bertz CT molecular complexity index is 131. The van der Waals surface area contributed by atoms with Crippen LogP contribution in [0.25, 0.3) is 0 Å². The van der Waals surface area contributed by atoms with Crippen molar-refractivity contribution >= 4 is 18.1 Å². The first kappa shape index (κ1) is 21.0. The van der Waals surface area contributed by atoms with Crippen molar-refractivity contribution in [2.24, 2.45) is 5.41 Å². The molecule has 1 atom stereocenters. The topological polar surface area (TPSA) is 0 Å². The maximum Gasteiger partial charge on any atom is -0.153 e. The summed E-state index contributed by atoms with van der Waals surface area (Å²) in [6, 6.07) is 0. The van der Waals surface area contributed by atoms with E-state index in [9.17, 15) is 0 Å². The van der Waals surface area contributed by atoms with Crippen LogP contribution in [0.1, 0.15) is 78.6 Å². The van der Waals surface area contributed by atoms with Crippen LogP contribution in [0, 0.1) is 5.41 Å². The van der Waals surface area contributed by atoms with Crippen LogP contribution in [-0.2, 0) is 23.3 Å². The molecule has 0 saturated carbocycles. The van der Waals surface area contributed by atoms with Crippen LogP contribution in [0.2, 0.25) is 3.93 Å². The van der Waals surface area contributed by atoms with Gasteiger partial charge in [-0.3, -0.25) is 0 Å².